The molecule has 0 aliphatic carbocycles. The highest BCUT2D eigenvalue weighted by Gasteiger charge is 2.28. The SMILES string of the molecule is C[C@H]1CCCN(S(=O)(=O)c2ccc(NC(=O)c3ccc(Cl)c([N+](=O)[O-])c3)cc2)C1. The van der Waals surface area contributed by atoms with Crippen LogP contribution in [0.25, 0.3) is 0 Å². The van der Waals surface area contributed by atoms with Gasteiger partial charge in [0.25, 0.3) is 11.6 Å². The smallest absolute Gasteiger partial charge is 0.288 e. The van der Waals surface area contributed by atoms with E-state index >= 15 is 0 Å². The lowest BCUT2D eigenvalue weighted by Gasteiger charge is -2.30. The minimum Gasteiger partial charge on any atom is -0.322 e. The Hall–Kier alpha value is -2.49. The van der Waals surface area contributed by atoms with Crippen LogP contribution >= 0.6 is 11.6 Å². The summed E-state index contributed by atoms with van der Waals surface area (Å²) in [5.74, 6) is -0.245. The highest BCUT2D eigenvalue weighted by atomic mass is 35.5. The van der Waals surface area contributed by atoms with Crippen molar-refractivity contribution in [2.24, 2.45) is 5.92 Å². The lowest BCUT2D eigenvalue weighted by molar-refractivity contribution is -0.384. The van der Waals surface area contributed by atoms with Crippen molar-refractivity contribution in [2.75, 3.05) is 18.4 Å². The molecule has 1 saturated heterocycles. The number of nitrogens with one attached hydrogen (secondary N) is 1. The maximum atomic E-state index is 12.8. The van der Waals surface area contributed by atoms with Gasteiger partial charge in [0.15, 0.2) is 0 Å². The zero-order valence-corrected chi connectivity index (χ0v) is 17.2. The maximum Gasteiger partial charge on any atom is 0.288 e. The minimum absolute atomic E-state index is 0.0619. The molecule has 8 nitrogen and oxygen atoms in total. The van der Waals surface area contributed by atoms with Gasteiger partial charge in [0.2, 0.25) is 10.0 Å². The number of benzene rings is 2. The zero-order valence-electron chi connectivity index (χ0n) is 15.7. The molecular weight excluding hydrogens is 418 g/mol. The number of halogens is 1. The van der Waals surface area contributed by atoms with Gasteiger partial charge in [-0.05, 0) is 55.2 Å². The van der Waals surface area contributed by atoms with Crippen LogP contribution in [-0.2, 0) is 10.0 Å². The number of carbonyl (C=O) groups excluding carboxylic acids is 1. The highest BCUT2D eigenvalue weighted by molar-refractivity contribution is 7.89. The molecule has 0 saturated carbocycles. The summed E-state index contributed by atoms with van der Waals surface area (Å²) in [7, 11) is -3.58. The molecule has 1 N–H and O–H groups in total. The van der Waals surface area contributed by atoms with Crippen molar-refractivity contribution in [2.45, 2.75) is 24.7 Å². The molecule has 3 rings (SSSR count). The fourth-order valence-electron chi connectivity index (χ4n) is 3.22. The Morgan fingerprint density at radius 1 is 1.24 bits per heavy atom. The van der Waals surface area contributed by atoms with Gasteiger partial charge in [0.1, 0.15) is 5.02 Å². The summed E-state index contributed by atoms with van der Waals surface area (Å²) < 4.78 is 27.1. The van der Waals surface area contributed by atoms with Gasteiger partial charge in [-0.15, -0.1) is 0 Å². The normalized spacial score (nSPS) is 17.7. The number of nitro groups is 1. The van der Waals surface area contributed by atoms with Crippen molar-refractivity contribution in [3.63, 3.8) is 0 Å². The average Bonchev–Trinajstić information content (AvgIpc) is 2.68. The molecule has 1 aliphatic rings. The first-order valence-electron chi connectivity index (χ1n) is 9.04. The largest absolute Gasteiger partial charge is 0.322 e. The summed E-state index contributed by atoms with van der Waals surface area (Å²) in [4.78, 5) is 22.8. The number of anilines is 1. The first-order valence-corrected chi connectivity index (χ1v) is 10.9. The molecule has 1 fully saturated rings. The standard InChI is InChI=1S/C19H20ClN3O5S/c1-13-3-2-10-22(12-13)29(27,28)16-7-5-15(6-8-16)21-19(24)14-4-9-17(20)18(11-14)23(25)26/h4-9,11,13H,2-3,10,12H2,1H3,(H,21,24)/t13-/m0/s1. The van der Waals surface area contributed by atoms with Crippen LogP contribution in [0.4, 0.5) is 11.4 Å². The van der Waals surface area contributed by atoms with Gasteiger partial charge in [0, 0.05) is 30.4 Å². The van der Waals surface area contributed by atoms with Gasteiger partial charge >= 0.3 is 0 Å². The molecule has 1 heterocycles. The van der Waals surface area contributed by atoms with Crippen LogP contribution in [0, 0.1) is 16.0 Å². The Bertz CT molecular complexity index is 1040. The van der Waals surface area contributed by atoms with Crippen molar-refractivity contribution < 1.29 is 18.1 Å². The van der Waals surface area contributed by atoms with Crippen molar-refractivity contribution in [3.8, 4) is 0 Å². The first kappa shape index (κ1) is 21.2. The number of amides is 1. The van der Waals surface area contributed by atoms with E-state index in [1.807, 2.05) is 6.92 Å². The molecule has 154 valence electrons. The van der Waals surface area contributed by atoms with Gasteiger partial charge in [0.05, 0.1) is 9.82 Å². The molecule has 0 unspecified atom stereocenters. The van der Waals surface area contributed by atoms with E-state index in [2.05, 4.69) is 5.32 Å². The number of sulfonamides is 1. The van der Waals surface area contributed by atoms with Gasteiger partial charge in [-0.25, -0.2) is 8.42 Å². The van der Waals surface area contributed by atoms with Crippen molar-refractivity contribution in [3.05, 3.63) is 63.2 Å². The highest BCUT2D eigenvalue weighted by Crippen LogP contribution is 2.26. The molecule has 0 radical (unpaired) electrons. The second-order valence-corrected chi connectivity index (χ2v) is 9.36. The number of hydrogen-bond acceptors (Lipinski definition) is 5. The number of hydrogen-bond donors (Lipinski definition) is 1. The molecule has 1 amide bonds. The van der Waals surface area contributed by atoms with E-state index in [1.165, 1.54) is 40.7 Å². The molecule has 10 heteroatoms. The third kappa shape index (κ3) is 4.75. The van der Waals surface area contributed by atoms with E-state index in [0.29, 0.717) is 24.7 Å². The molecule has 0 bridgehead atoms. The van der Waals surface area contributed by atoms with E-state index < -0.39 is 20.9 Å². The number of nitro benzene ring substituents is 1. The predicted molar refractivity (Wildman–Crippen MR) is 110 cm³/mol. The molecule has 0 spiro atoms. The van der Waals surface area contributed by atoms with Gasteiger partial charge in [-0.1, -0.05) is 18.5 Å². The summed E-state index contributed by atoms with van der Waals surface area (Å²) in [5, 5.41) is 13.5. The van der Waals surface area contributed by atoms with E-state index in [4.69, 9.17) is 11.6 Å². The lowest BCUT2D eigenvalue weighted by atomic mass is 10.0. The number of rotatable bonds is 5. The quantitative estimate of drug-likeness (QED) is 0.563. The molecule has 1 atom stereocenters. The summed E-state index contributed by atoms with van der Waals surface area (Å²) >= 11 is 5.75. The molecular formula is C19H20ClN3O5S. The number of carbonyl (C=O) groups is 1. The Morgan fingerprint density at radius 3 is 2.55 bits per heavy atom. The third-order valence-corrected chi connectivity index (χ3v) is 6.97. The van der Waals surface area contributed by atoms with Crippen LogP contribution < -0.4 is 5.32 Å². The maximum absolute atomic E-state index is 12.8. The van der Waals surface area contributed by atoms with E-state index in [9.17, 15) is 23.3 Å². The molecule has 0 aromatic heterocycles. The Balaban J connectivity index is 1.74. The van der Waals surface area contributed by atoms with Gasteiger partial charge in [-0.3, -0.25) is 14.9 Å². The van der Waals surface area contributed by atoms with Crippen LogP contribution in [0.1, 0.15) is 30.1 Å². The van der Waals surface area contributed by atoms with Crippen molar-refractivity contribution in [1.82, 2.24) is 4.31 Å². The second-order valence-electron chi connectivity index (χ2n) is 7.01. The Labute approximate surface area is 173 Å². The summed E-state index contributed by atoms with van der Waals surface area (Å²) in [6.07, 6.45) is 1.85. The predicted octanol–water partition coefficient (Wildman–Crippen LogP) is 3.92. The fraction of sp³-hybridized carbons (Fsp3) is 0.316. The van der Waals surface area contributed by atoms with Crippen LogP contribution in [0.5, 0.6) is 0 Å². The summed E-state index contributed by atoms with van der Waals surface area (Å²) in [6.45, 7) is 3.03. The van der Waals surface area contributed by atoms with Crippen molar-refractivity contribution in [1.29, 1.82) is 0 Å². The number of piperidine rings is 1. The molecule has 1 aliphatic heterocycles. The van der Waals surface area contributed by atoms with Crippen LogP contribution in [-0.4, -0.2) is 36.6 Å². The molecule has 2 aromatic rings. The minimum atomic E-state index is -3.58. The van der Waals surface area contributed by atoms with Gasteiger partial charge in [-0.2, -0.15) is 4.31 Å². The topological polar surface area (TPSA) is 110 Å². The van der Waals surface area contributed by atoms with E-state index in [1.54, 1.807) is 0 Å². The van der Waals surface area contributed by atoms with E-state index in [-0.39, 0.29) is 21.2 Å². The van der Waals surface area contributed by atoms with Crippen LogP contribution in [0.3, 0.4) is 0 Å². The Kier molecular flexibility index (Phi) is 6.21. The second kappa shape index (κ2) is 8.48. The summed E-state index contributed by atoms with van der Waals surface area (Å²) in [5.41, 5.74) is 0.0789. The third-order valence-electron chi connectivity index (χ3n) is 4.77. The average molecular weight is 438 g/mol. The first-order chi connectivity index (χ1) is 13.7. The molecule has 29 heavy (non-hydrogen) atoms. The number of nitrogens with zero attached hydrogens (tertiary/aromatic N) is 2. The Morgan fingerprint density at radius 2 is 1.93 bits per heavy atom. The van der Waals surface area contributed by atoms with Crippen LogP contribution in [0.15, 0.2) is 47.4 Å². The monoisotopic (exact) mass is 437 g/mol. The summed E-state index contributed by atoms with van der Waals surface area (Å²) in [6, 6.07) is 9.60. The van der Waals surface area contributed by atoms with Crippen molar-refractivity contribution >= 4 is 38.9 Å². The van der Waals surface area contributed by atoms with Gasteiger partial charge < -0.3 is 5.32 Å². The zero-order chi connectivity index (χ0) is 21.2. The fourth-order valence-corrected chi connectivity index (χ4v) is 5.01. The van der Waals surface area contributed by atoms with Crippen LogP contribution in [0.2, 0.25) is 5.02 Å². The van der Waals surface area contributed by atoms with E-state index in [0.717, 1.165) is 18.9 Å². The lowest BCUT2D eigenvalue weighted by Crippen LogP contribution is -2.39. The molecule has 2 aromatic carbocycles.